The number of Topliss-reactive ketones (excluding diaryl/α,β-unsaturated/α-hetero) is 1. The van der Waals surface area contributed by atoms with Crippen LogP contribution in [0.4, 0.5) is 0 Å². The van der Waals surface area contributed by atoms with Gasteiger partial charge in [-0.05, 0) is 24.6 Å². The first-order chi connectivity index (χ1) is 9.08. The first-order valence-corrected chi connectivity index (χ1v) is 6.26. The van der Waals surface area contributed by atoms with Gasteiger partial charge in [0.2, 0.25) is 0 Å². The van der Waals surface area contributed by atoms with Crippen molar-refractivity contribution in [3.8, 4) is 5.75 Å². The summed E-state index contributed by atoms with van der Waals surface area (Å²) in [5.74, 6) is -0.421. The van der Waals surface area contributed by atoms with Crippen molar-refractivity contribution in [2.24, 2.45) is 0 Å². The number of phenols is 1. The molecule has 1 N–H and O–H groups in total. The molecule has 0 saturated carbocycles. The van der Waals surface area contributed by atoms with Crippen LogP contribution in [0.3, 0.4) is 0 Å². The number of hydrogen-bond acceptors (Lipinski definition) is 4. The van der Waals surface area contributed by atoms with Crippen LogP contribution >= 0.6 is 0 Å². The Morgan fingerprint density at radius 1 is 1.32 bits per heavy atom. The van der Waals surface area contributed by atoms with E-state index < -0.39 is 0 Å². The van der Waals surface area contributed by atoms with Gasteiger partial charge in [-0.3, -0.25) is 9.59 Å². The third-order valence-corrected chi connectivity index (χ3v) is 2.54. The summed E-state index contributed by atoms with van der Waals surface area (Å²) in [6.45, 7) is 3.86. The molecule has 1 rings (SSSR count). The highest BCUT2D eigenvalue weighted by Crippen LogP contribution is 2.21. The summed E-state index contributed by atoms with van der Waals surface area (Å²) < 4.78 is 4.79. The predicted octanol–water partition coefficient (Wildman–Crippen LogP) is 2.95. The van der Waals surface area contributed by atoms with E-state index in [-0.39, 0.29) is 23.9 Å². The van der Waals surface area contributed by atoms with Crippen LogP contribution in [0.1, 0.15) is 42.6 Å². The van der Waals surface area contributed by atoms with E-state index in [1.54, 1.807) is 38.1 Å². The first-order valence-electron chi connectivity index (χ1n) is 6.26. The summed E-state index contributed by atoms with van der Waals surface area (Å²) in [4.78, 5) is 22.7. The molecule has 0 fully saturated rings. The molecule has 0 aliphatic rings. The van der Waals surface area contributed by atoms with E-state index in [1.807, 2.05) is 0 Å². The van der Waals surface area contributed by atoms with E-state index in [0.717, 1.165) is 5.56 Å². The molecule has 0 aromatic heterocycles. The van der Waals surface area contributed by atoms with Crippen molar-refractivity contribution in [2.45, 2.75) is 26.7 Å². The van der Waals surface area contributed by atoms with E-state index in [2.05, 4.69) is 0 Å². The average Bonchev–Trinajstić information content (AvgIpc) is 2.40. The van der Waals surface area contributed by atoms with Gasteiger partial charge in [0.15, 0.2) is 5.78 Å². The predicted molar refractivity (Wildman–Crippen MR) is 73.0 cm³/mol. The number of ether oxygens (including phenoxy) is 1. The standard InChI is InChI=1S/C15H18O4/c1-3-13(16)12-10-11(8-9-14(12)17)6-5-7-15(18)19-4-2/h5-6,8-10,17H,3-4,7H2,1-2H3. The maximum absolute atomic E-state index is 11.6. The number of hydrogen-bond donors (Lipinski definition) is 1. The van der Waals surface area contributed by atoms with Crippen molar-refractivity contribution in [2.75, 3.05) is 6.61 Å². The maximum Gasteiger partial charge on any atom is 0.309 e. The maximum atomic E-state index is 11.6. The van der Waals surface area contributed by atoms with Crippen molar-refractivity contribution in [1.29, 1.82) is 0 Å². The van der Waals surface area contributed by atoms with Gasteiger partial charge in [0.1, 0.15) is 5.75 Å². The van der Waals surface area contributed by atoms with E-state index in [4.69, 9.17) is 4.74 Å². The number of esters is 1. The van der Waals surface area contributed by atoms with Gasteiger partial charge in [0, 0.05) is 6.42 Å². The van der Waals surface area contributed by atoms with Gasteiger partial charge in [-0.15, -0.1) is 0 Å². The highest BCUT2D eigenvalue weighted by atomic mass is 16.5. The van der Waals surface area contributed by atoms with Crippen LogP contribution in [-0.4, -0.2) is 23.5 Å². The lowest BCUT2D eigenvalue weighted by atomic mass is 10.0. The number of ketones is 1. The van der Waals surface area contributed by atoms with E-state index in [1.165, 1.54) is 6.07 Å². The quantitative estimate of drug-likeness (QED) is 0.632. The van der Waals surface area contributed by atoms with Crippen molar-refractivity contribution < 1.29 is 19.4 Å². The molecule has 0 aliphatic heterocycles. The van der Waals surface area contributed by atoms with Gasteiger partial charge in [0.05, 0.1) is 18.6 Å². The number of benzene rings is 1. The molecule has 0 radical (unpaired) electrons. The minimum atomic E-state index is -0.289. The third kappa shape index (κ3) is 4.58. The molecule has 0 bridgehead atoms. The van der Waals surface area contributed by atoms with E-state index in [9.17, 15) is 14.7 Å². The lowest BCUT2D eigenvalue weighted by molar-refractivity contribution is -0.142. The Kier molecular flexibility index (Phi) is 5.79. The smallest absolute Gasteiger partial charge is 0.309 e. The van der Waals surface area contributed by atoms with Crippen molar-refractivity contribution in [3.05, 3.63) is 35.4 Å². The number of rotatable bonds is 6. The zero-order chi connectivity index (χ0) is 14.3. The van der Waals surface area contributed by atoms with Gasteiger partial charge >= 0.3 is 5.97 Å². The lowest BCUT2D eigenvalue weighted by Gasteiger charge is -2.03. The summed E-state index contributed by atoms with van der Waals surface area (Å²) >= 11 is 0. The molecule has 19 heavy (non-hydrogen) atoms. The largest absolute Gasteiger partial charge is 0.507 e. The van der Waals surface area contributed by atoms with Crippen LogP contribution in [0.15, 0.2) is 24.3 Å². The molecule has 0 atom stereocenters. The van der Waals surface area contributed by atoms with Crippen LogP contribution in [0.5, 0.6) is 5.75 Å². The monoisotopic (exact) mass is 262 g/mol. The molecule has 1 aromatic rings. The Labute approximate surface area is 112 Å². The first kappa shape index (κ1) is 15.0. The van der Waals surface area contributed by atoms with Crippen molar-refractivity contribution in [3.63, 3.8) is 0 Å². The highest BCUT2D eigenvalue weighted by molar-refractivity contribution is 5.98. The molecule has 0 aliphatic carbocycles. The fourth-order valence-corrected chi connectivity index (χ4v) is 1.58. The molecule has 0 unspecified atom stereocenters. The van der Waals surface area contributed by atoms with Gasteiger partial charge in [-0.1, -0.05) is 25.1 Å². The minimum Gasteiger partial charge on any atom is -0.507 e. The normalized spacial score (nSPS) is 10.6. The zero-order valence-electron chi connectivity index (χ0n) is 11.2. The van der Waals surface area contributed by atoms with Gasteiger partial charge in [-0.2, -0.15) is 0 Å². The number of phenolic OH excluding ortho intramolecular Hbond substituents is 1. The number of carbonyl (C=O) groups excluding carboxylic acids is 2. The number of aromatic hydroxyl groups is 1. The van der Waals surface area contributed by atoms with E-state index in [0.29, 0.717) is 18.6 Å². The van der Waals surface area contributed by atoms with Gasteiger partial charge < -0.3 is 9.84 Å². The Bertz CT molecular complexity index is 489. The van der Waals surface area contributed by atoms with Crippen molar-refractivity contribution in [1.82, 2.24) is 0 Å². The van der Waals surface area contributed by atoms with Crippen LogP contribution < -0.4 is 0 Å². The van der Waals surface area contributed by atoms with Crippen LogP contribution in [0, 0.1) is 0 Å². The summed E-state index contributed by atoms with van der Waals surface area (Å²) in [5, 5.41) is 9.60. The van der Waals surface area contributed by atoms with Crippen LogP contribution in [0.25, 0.3) is 6.08 Å². The Hall–Kier alpha value is -2.10. The molecule has 0 heterocycles. The Balaban J connectivity index is 2.77. The second kappa shape index (κ2) is 7.36. The second-order valence-corrected chi connectivity index (χ2v) is 3.96. The summed E-state index contributed by atoms with van der Waals surface area (Å²) in [6, 6.07) is 4.78. The molecule has 1 aromatic carbocycles. The van der Waals surface area contributed by atoms with Crippen molar-refractivity contribution >= 4 is 17.8 Å². The van der Waals surface area contributed by atoms with Crippen LogP contribution in [0.2, 0.25) is 0 Å². The fourth-order valence-electron chi connectivity index (χ4n) is 1.58. The Morgan fingerprint density at radius 3 is 2.68 bits per heavy atom. The van der Waals surface area contributed by atoms with E-state index >= 15 is 0 Å². The summed E-state index contributed by atoms with van der Waals surface area (Å²) in [7, 11) is 0. The fraction of sp³-hybridized carbons (Fsp3) is 0.333. The second-order valence-electron chi connectivity index (χ2n) is 3.96. The minimum absolute atomic E-state index is 0.0191. The molecule has 4 nitrogen and oxygen atoms in total. The molecule has 0 spiro atoms. The van der Waals surface area contributed by atoms with Gasteiger partial charge in [-0.25, -0.2) is 0 Å². The van der Waals surface area contributed by atoms with Crippen LogP contribution in [-0.2, 0) is 9.53 Å². The molecule has 0 amide bonds. The zero-order valence-corrected chi connectivity index (χ0v) is 11.2. The highest BCUT2D eigenvalue weighted by Gasteiger charge is 2.09. The molecular weight excluding hydrogens is 244 g/mol. The summed E-state index contributed by atoms with van der Waals surface area (Å²) in [6.07, 6.45) is 3.92. The lowest BCUT2D eigenvalue weighted by Crippen LogP contribution is -2.01. The molecular formula is C15H18O4. The third-order valence-electron chi connectivity index (χ3n) is 2.54. The SMILES string of the molecule is CCOC(=O)CC=Cc1ccc(O)c(C(=O)CC)c1. The summed E-state index contributed by atoms with van der Waals surface area (Å²) in [5.41, 5.74) is 1.07. The average molecular weight is 262 g/mol. The van der Waals surface area contributed by atoms with Gasteiger partial charge in [0.25, 0.3) is 0 Å². The molecule has 102 valence electrons. The molecule has 0 saturated heterocycles. The number of carbonyl (C=O) groups is 2. The topological polar surface area (TPSA) is 63.6 Å². The molecule has 4 heteroatoms. The Morgan fingerprint density at radius 2 is 2.05 bits per heavy atom.